The summed E-state index contributed by atoms with van der Waals surface area (Å²) in [5.41, 5.74) is 7.28. The van der Waals surface area contributed by atoms with Gasteiger partial charge in [0.25, 0.3) is 11.8 Å². The van der Waals surface area contributed by atoms with Crippen LogP contribution < -0.4 is 11.1 Å². The number of nitrogens with zero attached hydrogens (tertiary/aromatic N) is 1. The highest BCUT2D eigenvalue weighted by Gasteiger charge is 2.25. The maximum Gasteiger partial charge on any atom is 0.267 e. The first-order chi connectivity index (χ1) is 15.4. The molecule has 9 heteroatoms. The van der Waals surface area contributed by atoms with Crippen LogP contribution in [0.15, 0.2) is 40.3 Å². The van der Waals surface area contributed by atoms with Crippen molar-refractivity contribution in [3.8, 4) is 17.4 Å². The molecule has 3 aromatic rings. The molecule has 2 heterocycles. The Morgan fingerprint density at radius 3 is 2.69 bits per heavy atom. The Bertz CT molecular complexity index is 1300. The number of amides is 2. The lowest BCUT2D eigenvalue weighted by Crippen LogP contribution is -2.19. The standard InChI is InChI=1S/C23H17Cl2N3O3S/c24-13-5-7-15(17(25)10-13)18-8-6-14(31-18)9-12(11-26)22(30)28-23-20(21(27)29)16-3-1-2-4-19(16)32-23/h5-10H,1-4H2,(H2,27,29)(H,28,30)/b12-9+. The molecule has 2 aromatic heterocycles. The van der Waals surface area contributed by atoms with Gasteiger partial charge in [-0.1, -0.05) is 23.2 Å². The third-order valence-corrected chi connectivity index (χ3v) is 6.87. The Kier molecular flexibility index (Phi) is 6.38. The van der Waals surface area contributed by atoms with E-state index in [1.807, 2.05) is 6.07 Å². The van der Waals surface area contributed by atoms with Crippen LogP contribution in [0.2, 0.25) is 10.0 Å². The zero-order chi connectivity index (χ0) is 22.8. The summed E-state index contributed by atoms with van der Waals surface area (Å²) in [4.78, 5) is 25.9. The number of primary amides is 1. The van der Waals surface area contributed by atoms with Crippen LogP contribution >= 0.6 is 34.5 Å². The first-order valence-electron chi connectivity index (χ1n) is 9.80. The summed E-state index contributed by atoms with van der Waals surface area (Å²) < 4.78 is 5.74. The van der Waals surface area contributed by atoms with Crippen molar-refractivity contribution in [2.75, 3.05) is 5.32 Å². The lowest BCUT2D eigenvalue weighted by molar-refractivity contribution is -0.112. The van der Waals surface area contributed by atoms with Gasteiger partial charge in [-0.2, -0.15) is 5.26 Å². The van der Waals surface area contributed by atoms with Crippen molar-refractivity contribution in [3.05, 3.63) is 67.7 Å². The number of carbonyl (C=O) groups excluding carboxylic acids is 2. The molecule has 6 nitrogen and oxygen atoms in total. The summed E-state index contributed by atoms with van der Waals surface area (Å²) in [6.07, 6.45) is 4.93. The quantitative estimate of drug-likeness (QED) is 0.349. The minimum atomic E-state index is -0.643. The second-order valence-electron chi connectivity index (χ2n) is 7.23. The zero-order valence-corrected chi connectivity index (χ0v) is 19.0. The predicted molar refractivity (Wildman–Crippen MR) is 126 cm³/mol. The van der Waals surface area contributed by atoms with E-state index in [0.717, 1.165) is 36.1 Å². The molecule has 0 unspecified atom stereocenters. The zero-order valence-electron chi connectivity index (χ0n) is 16.7. The number of benzene rings is 1. The molecule has 0 radical (unpaired) electrons. The molecule has 1 aliphatic carbocycles. The Hall–Kier alpha value is -3.05. The number of thiophene rings is 1. The summed E-state index contributed by atoms with van der Waals surface area (Å²) in [5.74, 6) is -0.454. The molecule has 0 atom stereocenters. The highest BCUT2D eigenvalue weighted by Crippen LogP contribution is 2.38. The molecule has 0 saturated carbocycles. The lowest BCUT2D eigenvalue weighted by atomic mass is 9.95. The van der Waals surface area contributed by atoms with Gasteiger partial charge in [-0.25, -0.2) is 0 Å². The molecule has 1 aromatic carbocycles. The van der Waals surface area contributed by atoms with E-state index < -0.39 is 11.8 Å². The molecule has 1 aliphatic rings. The molecule has 0 fully saturated rings. The van der Waals surface area contributed by atoms with Gasteiger partial charge in [-0.3, -0.25) is 9.59 Å². The van der Waals surface area contributed by atoms with Gasteiger partial charge in [0.15, 0.2) is 0 Å². The molecule has 0 spiro atoms. The van der Waals surface area contributed by atoms with Crippen LogP contribution in [0.25, 0.3) is 17.4 Å². The molecule has 0 aliphatic heterocycles. The summed E-state index contributed by atoms with van der Waals surface area (Å²) in [7, 11) is 0. The number of nitriles is 1. The summed E-state index contributed by atoms with van der Waals surface area (Å²) in [6.45, 7) is 0. The minimum Gasteiger partial charge on any atom is -0.457 e. The second-order valence-corrected chi connectivity index (χ2v) is 9.18. The minimum absolute atomic E-state index is 0.171. The highest BCUT2D eigenvalue weighted by molar-refractivity contribution is 7.17. The largest absolute Gasteiger partial charge is 0.457 e. The normalized spacial score (nSPS) is 13.3. The van der Waals surface area contributed by atoms with Crippen LogP contribution in [0.4, 0.5) is 5.00 Å². The highest BCUT2D eigenvalue weighted by atomic mass is 35.5. The summed E-state index contributed by atoms with van der Waals surface area (Å²) >= 11 is 13.5. The van der Waals surface area contributed by atoms with E-state index in [4.69, 9.17) is 33.4 Å². The number of rotatable bonds is 5. The number of anilines is 1. The Morgan fingerprint density at radius 2 is 1.97 bits per heavy atom. The number of nitrogens with two attached hydrogens (primary N) is 1. The maximum absolute atomic E-state index is 12.8. The number of hydrogen-bond acceptors (Lipinski definition) is 5. The third kappa shape index (κ3) is 4.44. The van der Waals surface area contributed by atoms with Gasteiger partial charge in [0.2, 0.25) is 0 Å². The molecular formula is C23H17Cl2N3O3S. The number of halogens is 2. The van der Waals surface area contributed by atoms with E-state index in [9.17, 15) is 14.9 Å². The Morgan fingerprint density at radius 1 is 1.19 bits per heavy atom. The second kappa shape index (κ2) is 9.21. The van der Waals surface area contributed by atoms with Gasteiger partial charge in [0.05, 0.1) is 10.6 Å². The van der Waals surface area contributed by atoms with Gasteiger partial charge in [0, 0.05) is 21.5 Å². The molecule has 4 rings (SSSR count). The average Bonchev–Trinajstić information content (AvgIpc) is 3.35. The van der Waals surface area contributed by atoms with E-state index in [2.05, 4.69) is 5.32 Å². The Labute approximate surface area is 198 Å². The monoisotopic (exact) mass is 485 g/mol. The molecule has 162 valence electrons. The number of aryl methyl sites for hydroxylation is 1. The van der Waals surface area contributed by atoms with Crippen molar-refractivity contribution in [1.29, 1.82) is 5.26 Å². The molecule has 0 saturated heterocycles. The van der Waals surface area contributed by atoms with Crippen LogP contribution in [0, 0.1) is 11.3 Å². The number of hydrogen-bond donors (Lipinski definition) is 2. The molecule has 2 amide bonds. The van der Waals surface area contributed by atoms with Crippen LogP contribution in [0.5, 0.6) is 0 Å². The topological polar surface area (TPSA) is 109 Å². The summed E-state index contributed by atoms with van der Waals surface area (Å²) in [6, 6.07) is 10.2. The van der Waals surface area contributed by atoms with Gasteiger partial charge in [0.1, 0.15) is 28.2 Å². The Balaban J connectivity index is 1.59. The third-order valence-electron chi connectivity index (χ3n) is 5.12. The number of carbonyl (C=O) groups is 2. The first kappa shape index (κ1) is 22.2. The lowest BCUT2D eigenvalue weighted by Gasteiger charge is -2.11. The number of nitrogens with one attached hydrogen (secondary N) is 1. The van der Waals surface area contributed by atoms with E-state index in [0.29, 0.717) is 37.7 Å². The van der Waals surface area contributed by atoms with E-state index in [-0.39, 0.29) is 5.57 Å². The van der Waals surface area contributed by atoms with Crippen molar-refractivity contribution < 1.29 is 14.0 Å². The van der Waals surface area contributed by atoms with Crippen LogP contribution in [0.3, 0.4) is 0 Å². The first-order valence-corrected chi connectivity index (χ1v) is 11.4. The molecule has 0 bridgehead atoms. The summed E-state index contributed by atoms with van der Waals surface area (Å²) in [5, 5.41) is 13.5. The van der Waals surface area contributed by atoms with E-state index in [1.54, 1.807) is 30.3 Å². The van der Waals surface area contributed by atoms with Crippen molar-refractivity contribution in [3.63, 3.8) is 0 Å². The number of furan rings is 1. The van der Waals surface area contributed by atoms with Crippen molar-refractivity contribution in [1.82, 2.24) is 0 Å². The fraction of sp³-hybridized carbons (Fsp3) is 0.174. The number of fused-ring (bicyclic) bond motifs is 1. The SMILES string of the molecule is N#C/C(=C\c1ccc(-c2ccc(Cl)cc2Cl)o1)C(=O)Nc1sc2c(c1C(N)=O)CCCC2. The van der Waals surface area contributed by atoms with Crippen LogP contribution in [0.1, 0.15) is 39.4 Å². The van der Waals surface area contributed by atoms with Crippen molar-refractivity contribution in [2.45, 2.75) is 25.7 Å². The molecule has 3 N–H and O–H groups in total. The fourth-order valence-corrected chi connectivity index (χ4v) is 5.43. The predicted octanol–water partition coefficient (Wildman–Crippen LogP) is 5.84. The van der Waals surface area contributed by atoms with Gasteiger partial charge in [-0.05, 0) is 61.6 Å². The maximum atomic E-state index is 12.8. The smallest absolute Gasteiger partial charge is 0.267 e. The van der Waals surface area contributed by atoms with Gasteiger partial charge in [-0.15, -0.1) is 11.3 Å². The van der Waals surface area contributed by atoms with Crippen molar-refractivity contribution in [2.24, 2.45) is 5.73 Å². The average molecular weight is 486 g/mol. The molecular weight excluding hydrogens is 469 g/mol. The van der Waals surface area contributed by atoms with Crippen LogP contribution in [-0.4, -0.2) is 11.8 Å². The molecule has 32 heavy (non-hydrogen) atoms. The van der Waals surface area contributed by atoms with Gasteiger partial charge < -0.3 is 15.5 Å². The van der Waals surface area contributed by atoms with E-state index >= 15 is 0 Å². The van der Waals surface area contributed by atoms with E-state index in [1.165, 1.54) is 17.4 Å². The van der Waals surface area contributed by atoms with Crippen molar-refractivity contribution >= 4 is 57.4 Å². The van der Waals surface area contributed by atoms with Crippen LogP contribution in [-0.2, 0) is 17.6 Å². The fourth-order valence-electron chi connectivity index (χ4n) is 3.64. The van der Waals surface area contributed by atoms with Gasteiger partial charge >= 0.3 is 0 Å².